The van der Waals surface area contributed by atoms with Crippen LogP contribution in [0, 0.1) is 0 Å². The molecular formula is C21H27N3O2. The molecule has 138 valence electrons. The number of ether oxygens (including phenoxy) is 1. The van der Waals surface area contributed by atoms with Crippen molar-refractivity contribution in [3.05, 3.63) is 59.7 Å². The van der Waals surface area contributed by atoms with E-state index in [0.29, 0.717) is 11.8 Å². The minimum absolute atomic E-state index is 0.0939. The molecule has 1 aliphatic rings. The number of fused-ring (bicyclic) bond motifs is 1. The molecule has 2 N–H and O–H groups in total. The van der Waals surface area contributed by atoms with Crippen molar-refractivity contribution in [3.63, 3.8) is 0 Å². The lowest BCUT2D eigenvalue weighted by molar-refractivity contribution is -0.119. The summed E-state index contributed by atoms with van der Waals surface area (Å²) in [6.07, 6.45) is 2.27. The number of hydrogen-bond acceptors (Lipinski definition) is 4. The highest BCUT2D eigenvalue weighted by molar-refractivity contribution is 5.75. The molecule has 0 aromatic heterocycles. The van der Waals surface area contributed by atoms with Crippen molar-refractivity contribution in [1.29, 1.82) is 0 Å². The summed E-state index contributed by atoms with van der Waals surface area (Å²) in [6.45, 7) is 1.75. The van der Waals surface area contributed by atoms with E-state index in [1.54, 1.807) is 0 Å². The Balaban J connectivity index is 1.76. The summed E-state index contributed by atoms with van der Waals surface area (Å²) >= 11 is 0. The molecule has 1 amide bonds. The van der Waals surface area contributed by atoms with E-state index in [4.69, 9.17) is 10.5 Å². The number of amides is 1. The molecule has 0 aliphatic carbocycles. The van der Waals surface area contributed by atoms with Crippen molar-refractivity contribution in [2.45, 2.75) is 25.4 Å². The van der Waals surface area contributed by atoms with E-state index >= 15 is 0 Å². The third-order valence-electron chi connectivity index (χ3n) is 4.92. The zero-order chi connectivity index (χ0) is 18.5. The SMILES string of the molecule is CN(C)C1CCc2ccccc2N(Cc2ccc(OCC(N)=O)cc2)C1. The molecule has 1 atom stereocenters. The van der Waals surface area contributed by atoms with Crippen LogP contribution in [0.2, 0.25) is 0 Å². The molecule has 0 saturated carbocycles. The maximum Gasteiger partial charge on any atom is 0.255 e. The molecule has 26 heavy (non-hydrogen) atoms. The first kappa shape index (κ1) is 18.3. The Morgan fingerprint density at radius 2 is 1.92 bits per heavy atom. The molecule has 0 saturated heterocycles. The van der Waals surface area contributed by atoms with E-state index < -0.39 is 5.91 Å². The van der Waals surface area contributed by atoms with Crippen molar-refractivity contribution >= 4 is 11.6 Å². The highest BCUT2D eigenvalue weighted by atomic mass is 16.5. The van der Waals surface area contributed by atoms with Gasteiger partial charge in [0.1, 0.15) is 5.75 Å². The molecule has 2 aromatic rings. The summed E-state index contributed by atoms with van der Waals surface area (Å²) in [5.74, 6) is 0.194. The van der Waals surface area contributed by atoms with Gasteiger partial charge in [-0.2, -0.15) is 0 Å². The number of carbonyl (C=O) groups is 1. The fourth-order valence-corrected chi connectivity index (χ4v) is 3.43. The largest absolute Gasteiger partial charge is 0.484 e. The lowest BCUT2D eigenvalue weighted by Gasteiger charge is -2.31. The second-order valence-electron chi connectivity index (χ2n) is 7.06. The number of carbonyl (C=O) groups excluding carboxylic acids is 1. The van der Waals surface area contributed by atoms with Gasteiger partial charge >= 0.3 is 0 Å². The lowest BCUT2D eigenvalue weighted by atomic mass is 10.1. The van der Waals surface area contributed by atoms with Gasteiger partial charge in [-0.25, -0.2) is 0 Å². The standard InChI is InChI=1S/C21H27N3O2/c1-23(2)18-10-9-17-5-3-4-6-20(17)24(14-18)13-16-7-11-19(12-8-16)26-15-21(22)25/h3-8,11-12,18H,9-10,13-15H2,1-2H3,(H2,22,25). The van der Waals surface area contributed by atoms with E-state index in [1.165, 1.54) is 23.2 Å². The summed E-state index contributed by atoms with van der Waals surface area (Å²) in [6, 6.07) is 17.1. The Hall–Kier alpha value is -2.53. The van der Waals surface area contributed by atoms with Crippen LogP contribution in [0.25, 0.3) is 0 Å². The predicted molar refractivity (Wildman–Crippen MR) is 104 cm³/mol. The van der Waals surface area contributed by atoms with Gasteiger partial charge in [-0.3, -0.25) is 4.79 Å². The lowest BCUT2D eigenvalue weighted by Crippen LogP contribution is -2.39. The van der Waals surface area contributed by atoms with E-state index in [1.807, 2.05) is 12.1 Å². The molecule has 5 heteroatoms. The number of hydrogen-bond donors (Lipinski definition) is 1. The molecular weight excluding hydrogens is 326 g/mol. The number of primary amides is 1. The summed E-state index contributed by atoms with van der Waals surface area (Å²) in [4.78, 5) is 15.6. The highest BCUT2D eigenvalue weighted by Gasteiger charge is 2.23. The van der Waals surface area contributed by atoms with Crippen LogP contribution in [0.4, 0.5) is 5.69 Å². The van der Waals surface area contributed by atoms with Crippen LogP contribution in [0.3, 0.4) is 0 Å². The number of para-hydroxylation sites is 1. The smallest absolute Gasteiger partial charge is 0.255 e. The van der Waals surface area contributed by atoms with Crippen LogP contribution in [0.5, 0.6) is 5.75 Å². The topological polar surface area (TPSA) is 58.8 Å². The van der Waals surface area contributed by atoms with Gasteiger partial charge in [0.15, 0.2) is 6.61 Å². The molecule has 2 aromatic carbocycles. The van der Waals surface area contributed by atoms with Gasteiger partial charge in [0.25, 0.3) is 5.91 Å². The third-order valence-corrected chi connectivity index (χ3v) is 4.92. The van der Waals surface area contributed by atoms with Crippen molar-refractivity contribution in [3.8, 4) is 5.75 Å². The summed E-state index contributed by atoms with van der Waals surface area (Å²) in [7, 11) is 4.31. The van der Waals surface area contributed by atoms with Gasteiger partial charge in [-0.1, -0.05) is 30.3 Å². The Labute approximate surface area is 155 Å². The highest BCUT2D eigenvalue weighted by Crippen LogP contribution is 2.29. The number of likely N-dealkylation sites (N-methyl/N-ethyl adjacent to an activating group) is 1. The minimum atomic E-state index is -0.468. The molecule has 0 spiro atoms. The first-order chi connectivity index (χ1) is 12.5. The Morgan fingerprint density at radius 1 is 1.19 bits per heavy atom. The minimum Gasteiger partial charge on any atom is -0.484 e. The molecule has 3 rings (SSSR count). The van der Waals surface area contributed by atoms with Crippen molar-refractivity contribution in [1.82, 2.24) is 4.90 Å². The van der Waals surface area contributed by atoms with Crippen LogP contribution >= 0.6 is 0 Å². The van der Waals surface area contributed by atoms with Crippen LogP contribution in [0.15, 0.2) is 48.5 Å². The summed E-state index contributed by atoms with van der Waals surface area (Å²) in [5.41, 5.74) is 9.07. The van der Waals surface area contributed by atoms with Gasteiger partial charge in [0.2, 0.25) is 0 Å². The molecule has 1 aliphatic heterocycles. The second kappa shape index (κ2) is 8.23. The van der Waals surface area contributed by atoms with Crippen molar-refractivity contribution in [2.24, 2.45) is 5.73 Å². The van der Waals surface area contributed by atoms with Gasteiger partial charge in [0, 0.05) is 24.8 Å². The number of aryl methyl sites for hydroxylation is 1. The zero-order valence-corrected chi connectivity index (χ0v) is 15.5. The molecule has 0 radical (unpaired) electrons. The van der Waals surface area contributed by atoms with Crippen LogP contribution in [0.1, 0.15) is 17.5 Å². The Morgan fingerprint density at radius 3 is 2.62 bits per heavy atom. The average molecular weight is 353 g/mol. The normalized spacial score (nSPS) is 16.9. The maximum absolute atomic E-state index is 10.8. The third kappa shape index (κ3) is 4.55. The van der Waals surface area contributed by atoms with Crippen molar-refractivity contribution < 1.29 is 9.53 Å². The number of anilines is 1. The average Bonchev–Trinajstić information content (AvgIpc) is 2.81. The first-order valence-electron chi connectivity index (χ1n) is 9.02. The van der Waals surface area contributed by atoms with E-state index in [0.717, 1.165) is 19.5 Å². The van der Waals surface area contributed by atoms with Gasteiger partial charge < -0.3 is 20.3 Å². The number of benzene rings is 2. The molecule has 1 heterocycles. The van der Waals surface area contributed by atoms with Crippen molar-refractivity contribution in [2.75, 3.05) is 32.1 Å². The van der Waals surface area contributed by atoms with Gasteiger partial charge in [-0.05, 0) is 56.3 Å². The molecule has 0 bridgehead atoms. The van der Waals surface area contributed by atoms with Gasteiger partial charge in [-0.15, -0.1) is 0 Å². The Bertz CT molecular complexity index is 743. The fourth-order valence-electron chi connectivity index (χ4n) is 3.43. The number of rotatable bonds is 6. The Kier molecular flexibility index (Phi) is 5.78. The summed E-state index contributed by atoms with van der Waals surface area (Å²) in [5, 5.41) is 0. The fraction of sp³-hybridized carbons (Fsp3) is 0.381. The first-order valence-corrected chi connectivity index (χ1v) is 9.02. The van der Waals surface area contributed by atoms with E-state index in [-0.39, 0.29) is 6.61 Å². The van der Waals surface area contributed by atoms with E-state index in [2.05, 4.69) is 60.3 Å². The van der Waals surface area contributed by atoms with E-state index in [9.17, 15) is 4.79 Å². The molecule has 5 nitrogen and oxygen atoms in total. The second-order valence-corrected chi connectivity index (χ2v) is 7.06. The van der Waals surface area contributed by atoms with Crippen LogP contribution in [-0.4, -0.2) is 44.1 Å². The predicted octanol–water partition coefficient (Wildman–Crippen LogP) is 2.43. The monoisotopic (exact) mass is 353 g/mol. The number of nitrogens with two attached hydrogens (primary N) is 1. The number of nitrogens with zero attached hydrogens (tertiary/aromatic N) is 2. The van der Waals surface area contributed by atoms with Gasteiger partial charge in [0.05, 0.1) is 0 Å². The summed E-state index contributed by atoms with van der Waals surface area (Å²) < 4.78 is 5.34. The van der Waals surface area contributed by atoms with Crippen LogP contribution < -0.4 is 15.4 Å². The quantitative estimate of drug-likeness (QED) is 0.867. The van der Waals surface area contributed by atoms with Crippen LogP contribution in [-0.2, 0) is 17.8 Å². The maximum atomic E-state index is 10.8. The molecule has 1 unspecified atom stereocenters. The molecule has 0 fully saturated rings. The zero-order valence-electron chi connectivity index (χ0n) is 15.5.